The highest BCUT2D eigenvalue weighted by Gasteiger charge is 2.34. The molecule has 4 rings (SSSR count). The molecular formula is C31H36N2O6S. The van der Waals surface area contributed by atoms with Gasteiger partial charge in [0.25, 0.3) is 5.56 Å². The SMILES string of the molecule is CCOC(=O)C1=C(C)N=c2s/c(=C\c3ccc(OCC(C)C)cc3)c(=O)n2[C@H]1c1ccc(OC(C)C)c(OC)c1. The number of carbonyl (C=O) groups is 1. The summed E-state index contributed by atoms with van der Waals surface area (Å²) in [6, 6.07) is 12.3. The number of ether oxygens (including phenoxy) is 4. The highest BCUT2D eigenvalue weighted by atomic mass is 32.1. The van der Waals surface area contributed by atoms with E-state index < -0.39 is 12.0 Å². The van der Waals surface area contributed by atoms with E-state index in [9.17, 15) is 9.59 Å². The number of hydrogen-bond donors (Lipinski definition) is 0. The van der Waals surface area contributed by atoms with Crippen LogP contribution in [-0.2, 0) is 9.53 Å². The molecule has 0 N–H and O–H groups in total. The lowest BCUT2D eigenvalue weighted by molar-refractivity contribution is -0.139. The summed E-state index contributed by atoms with van der Waals surface area (Å²) in [4.78, 5) is 32.2. The van der Waals surface area contributed by atoms with E-state index in [4.69, 9.17) is 18.9 Å². The third kappa shape index (κ3) is 6.31. The molecule has 0 fully saturated rings. The molecule has 0 radical (unpaired) electrons. The van der Waals surface area contributed by atoms with Crippen molar-refractivity contribution < 1.29 is 23.7 Å². The number of thiazole rings is 1. The molecule has 8 nitrogen and oxygen atoms in total. The van der Waals surface area contributed by atoms with Crippen LogP contribution in [0.1, 0.15) is 58.7 Å². The van der Waals surface area contributed by atoms with Gasteiger partial charge in [-0.05, 0) is 75.1 Å². The van der Waals surface area contributed by atoms with Crippen molar-refractivity contribution in [3.63, 3.8) is 0 Å². The molecular weight excluding hydrogens is 528 g/mol. The van der Waals surface area contributed by atoms with Gasteiger partial charge in [-0.1, -0.05) is 43.4 Å². The first kappa shape index (κ1) is 29.1. The second-order valence-electron chi connectivity index (χ2n) is 10.2. The average molecular weight is 565 g/mol. The molecule has 2 aromatic carbocycles. The quantitative estimate of drug-likeness (QED) is 0.334. The number of hydrogen-bond acceptors (Lipinski definition) is 8. The first-order chi connectivity index (χ1) is 19.1. The minimum absolute atomic E-state index is 0.0505. The fourth-order valence-electron chi connectivity index (χ4n) is 4.39. The maximum Gasteiger partial charge on any atom is 0.338 e. The Morgan fingerprint density at radius 1 is 1.10 bits per heavy atom. The fourth-order valence-corrected chi connectivity index (χ4v) is 5.43. The third-order valence-corrected chi connectivity index (χ3v) is 7.13. The van der Waals surface area contributed by atoms with Gasteiger partial charge >= 0.3 is 5.97 Å². The van der Waals surface area contributed by atoms with E-state index in [1.807, 2.05) is 50.3 Å². The summed E-state index contributed by atoms with van der Waals surface area (Å²) in [7, 11) is 1.56. The van der Waals surface area contributed by atoms with Gasteiger partial charge in [-0.25, -0.2) is 9.79 Å². The van der Waals surface area contributed by atoms with Gasteiger partial charge in [-0.15, -0.1) is 0 Å². The molecule has 0 spiro atoms. The number of benzene rings is 2. The van der Waals surface area contributed by atoms with E-state index >= 15 is 0 Å². The Kier molecular flexibility index (Phi) is 9.14. The fraction of sp³-hybridized carbons (Fsp3) is 0.387. The van der Waals surface area contributed by atoms with Crippen LogP contribution in [0, 0.1) is 5.92 Å². The van der Waals surface area contributed by atoms with Crippen LogP contribution in [-0.4, -0.2) is 37.0 Å². The van der Waals surface area contributed by atoms with E-state index in [-0.39, 0.29) is 18.3 Å². The number of methoxy groups -OCH3 is 1. The topological polar surface area (TPSA) is 88.4 Å². The number of carbonyl (C=O) groups excluding carboxylic acids is 1. The highest BCUT2D eigenvalue weighted by molar-refractivity contribution is 7.07. The smallest absolute Gasteiger partial charge is 0.338 e. The zero-order chi connectivity index (χ0) is 29.0. The van der Waals surface area contributed by atoms with Crippen molar-refractivity contribution in [2.45, 2.75) is 53.7 Å². The van der Waals surface area contributed by atoms with Gasteiger partial charge in [-0.2, -0.15) is 0 Å². The van der Waals surface area contributed by atoms with E-state index in [0.717, 1.165) is 11.3 Å². The van der Waals surface area contributed by atoms with Gasteiger partial charge in [0.2, 0.25) is 0 Å². The third-order valence-electron chi connectivity index (χ3n) is 6.14. The molecule has 0 bridgehead atoms. The molecule has 1 aliphatic rings. The van der Waals surface area contributed by atoms with Crippen molar-refractivity contribution in [3.8, 4) is 17.2 Å². The molecule has 0 amide bonds. The zero-order valence-electron chi connectivity index (χ0n) is 24.0. The van der Waals surface area contributed by atoms with Gasteiger partial charge < -0.3 is 18.9 Å². The number of rotatable bonds is 10. The van der Waals surface area contributed by atoms with E-state index in [0.29, 0.717) is 50.2 Å². The number of nitrogens with zero attached hydrogens (tertiary/aromatic N) is 2. The second-order valence-corrected chi connectivity index (χ2v) is 11.2. The zero-order valence-corrected chi connectivity index (χ0v) is 24.8. The van der Waals surface area contributed by atoms with Crippen LogP contribution < -0.4 is 29.1 Å². The van der Waals surface area contributed by atoms with Crippen LogP contribution in [0.15, 0.2) is 63.5 Å². The normalized spacial score (nSPS) is 15.2. The number of aromatic nitrogens is 1. The Hall–Kier alpha value is -3.85. The molecule has 0 saturated carbocycles. The summed E-state index contributed by atoms with van der Waals surface area (Å²) in [5.74, 6) is 1.78. The minimum atomic E-state index is -0.744. The molecule has 1 atom stereocenters. The predicted molar refractivity (Wildman–Crippen MR) is 156 cm³/mol. The van der Waals surface area contributed by atoms with Gasteiger partial charge in [-0.3, -0.25) is 9.36 Å². The van der Waals surface area contributed by atoms with E-state index in [2.05, 4.69) is 18.8 Å². The molecule has 9 heteroatoms. The van der Waals surface area contributed by atoms with Gasteiger partial charge in [0, 0.05) is 0 Å². The molecule has 1 aromatic heterocycles. The lowest BCUT2D eigenvalue weighted by atomic mass is 9.95. The van der Waals surface area contributed by atoms with Crippen molar-refractivity contribution in [2.75, 3.05) is 20.3 Å². The second kappa shape index (κ2) is 12.6. The molecule has 3 aromatic rings. The molecule has 212 valence electrons. The van der Waals surface area contributed by atoms with Crippen LogP contribution in [0.25, 0.3) is 6.08 Å². The van der Waals surface area contributed by atoms with E-state index in [1.165, 1.54) is 11.3 Å². The van der Waals surface area contributed by atoms with Gasteiger partial charge in [0.05, 0.1) is 48.3 Å². The van der Waals surface area contributed by atoms with Gasteiger partial charge in [0.1, 0.15) is 5.75 Å². The molecule has 0 aliphatic carbocycles. The Morgan fingerprint density at radius 3 is 2.45 bits per heavy atom. The standard InChI is InChI=1S/C31H36N2O6S/c1-8-37-30(35)27-20(6)32-31-33(28(27)22-11-14-24(39-19(4)5)25(16-22)36-7)29(34)26(40-31)15-21-9-12-23(13-10-21)38-17-18(2)3/h9-16,18-19,28H,8,17H2,1-7H3/b26-15-/t28-/m0/s1. The van der Waals surface area contributed by atoms with Crippen molar-refractivity contribution in [2.24, 2.45) is 10.9 Å². The summed E-state index contributed by atoms with van der Waals surface area (Å²) < 4.78 is 24.7. The molecule has 2 heterocycles. The minimum Gasteiger partial charge on any atom is -0.493 e. The average Bonchev–Trinajstić information content (AvgIpc) is 3.21. The molecule has 0 saturated heterocycles. The Balaban J connectivity index is 1.83. The summed E-state index contributed by atoms with van der Waals surface area (Å²) >= 11 is 1.28. The molecule has 40 heavy (non-hydrogen) atoms. The van der Waals surface area contributed by atoms with Crippen LogP contribution >= 0.6 is 11.3 Å². The lowest BCUT2D eigenvalue weighted by Crippen LogP contribution is -2.40. The van der Waals surface area contributed by atoms with Crippen LogP contribution in [0.5, 0.6) is 17.2 Å². The predicted octanol–water partition coefficient (Wildman–Crippen LogP) is 4.63. The summed E-state index contributed by atoms with van der Waals surface area (Å²) in [5, 5.41) is 0. The van der Waals surface area contributed by atoms with Crippen molar-refractivity contribution in [1.82, 2.24) is 4.57 Å². The Labute approximate surface area is 238 Å². The first-order valence-corrected chi connectivity index (χ1v) is 14.2. The first-order valence-electron chi connectivity index (χ1n) is 13.4. The van der Waals surface area contributed by atoms with Gasteiger partial charge in [0.15, 0.2) is 16.3 Å². The Bertz CT molecular complexity index is 1580. The maximum absolute atomic E-state index is 13.9. The lowest BCUT2D eigenvalue weighted by Gasteiger charge is -2.25. The summed E-state index contributed by atoms with van der Waals surface area (Å²) in [6.45, 7) is 12.4. The van der Waals surface area contributed by atoms with Crippen LogP contribution in [0.4, 0.5) is 0 Å². The summed E-state index contributed by atoms with van der Waals surface area (Å²) in [6.07, 6.45) is 1.78. The maximum atomic E-state index is 13.9. The number of allylic oxidation sites excluding steroid dienone is 1. The monoisotopic (exact) mass is 564 g/mol. The van der Waals surface area contributed by atoms with Crippen molar-refractivity contribution in [3.05, 3.63) is 84.5 Å². The van der Waals surface area contributed by atoms with E-state index in [1.54, 1.807) is 37.7 Å². The summed E-state index contributed by atoms with van der Waals surface area (Å²) in [5.41, 5.74) is 2.11. The van der Waals surface area contributed by atoms with Crippen molar-refractivity contribution >= 4 is 23.4 Å². The largest absolute Gasteiger partial charge is 0.493 e. The van der Waals surface area contributed by atoms with Crippen LogP contribution in [0.2, 0.25) is 0 Å². The molecule has 0 unspecified atom stereocenters. The highest BCUT2D eigenvalue weighted by Crippen LogP contribution is 2.36. The number of fused-ring (bicyclic) bond motifs is 1. The Morgan fingerprint density at radius 2 is 1.82 bits per heavy atom. The van der Waals surface area contributed by atoms with Crippen LogP contribution in [0.3, 0.4) is 0 Å². The van der Waals surface area contributed by atoms with Crippen molar-refractivity contribution in [1.29, 1.82) is 0 Å². The molecule has 1 aliphatic heterocycles. The number of esters is 1.